The van der Waals surface area contributed by atoms with E-state index >= 15 is 0 Å². The average molecular weight is 289 g/mol. The van der Waals surface area contributed by atoms with Crippen LogP contribution in [0.5, 0.6) is 0 Å². The highest BCUT2D eigenvalue weighted by Gasteiger charge is 2.19. The third-order valence-electron chi connectivity index (χ3n) is 2.42. The van der Waals surface area contributed by atoms with Crippen molar-refractivity contribution in [1.82, 2.24) is 9.97 Å². The van der Waals surface area contributed by atoms with Crippen molar-refractivity contribution in [3.05, 3.63) is 11.9 Å². The number of aliphatic carboxylic acids is 2. The van der Waals surface area contributed by atoms with Gasteiger partial charge in [0.1, 0.15) is 6.04 Å². The van der Waals surface area contributed by atoms with Crippen LogP contribution in [-0.2, 0) is 26.8 Å². The summed E-state index contributed by atoms with van der Waals surface area (Å²) in [6.07, 6.45) is 1.61. The second kappa shape index (κ2) is 6.43. The maximum Gasteiger partial charge on any atom is 0.321 e. The summed E-state index contributed by atoms with van der Waals surface area (Å²) in [6, 6.07) is -1.23. The second-order valence-electron chi connectivity index (χ2n) is 4.11. The van der Waals surface area contributed by atoms with E-state index in [-0.39, 0.29) is 17.3 Å². The standard InChI is InChI=1S/C10H15N3O5S/c1-5(8(14)15)2-6-3-12-10(13-6)19(18)4-7(11)9(16)17/h3,5,7H,2,4,11H2,1H3,(H,12,13)(H,14,15)(H,16,17)/t5-,7-,19?/m0/s1. The number of nitrogens with two attached hydrogens (primary N) is 1. The lowest BCUT2D eigenvalue weighted by molar-refractivity contribution is -0.141. The highest BCUT2D eigenvalue weighted by molar-refractivity contribution is 7.84. The Bertz CT molecular complexity index is 501. The summed E-state index contributed by atoms with van der Waals surface area (Å²) in [5.41, 5.74) is 5.80. The molecule has 1 aromatic heterocycles. The predicted molar refractivity (Wildman–Crippen MR) is 66.0 cm³/mol. The van der Waals surface area contributed by atoms with Gasteiger partial charge in [0.15, 0.2) is 5.16 Å². The number of carboxylic acid groups (broad SMARTS) is 2. The van der Waals surface area contributed by atoms with Gasteiger partial charge in [-0.05, 0) is 0 Å². The highest BCUT2D eigenvalue weighted by atomic mass is 32.2. The molecule has 0 aliphatic carbocycles. The van der Waals surface area contributed by atoms with Gasteiger partial charge >= 0.3 is 11.9 Å². The van der Waals surface area contributed by atoms with E-state index in [9.17, 15) is 13.8 Å². The molecule has 9 heteroatoms. The molecular weight excluding hydrogens is 274 g/mol. The molecule has 0 fully saturated rings. The molecule has 0 saturated heterocycles. The quantitative estimate of drug-likeness (QED) is 0.513. The van der Waals surface area contributed by atoms with Gasteiger partial charge < -0.3 is 20.9 Å². The van der Waals surface area contributed by atoms with E-state index in [1.165, 1.54) is 6.20 Å². The number of aromatic amines is 1. The number of carboxylic acids is 2. The van der Waals surface area contributed by atoms with E-state index in [1.807, 2.05) is 0 Å². The molecule has 5 N–H and O–H groups in total. The lowest BCUT2D eigenvalue weighted by atomic mass is 10.1. The van der Waals surface area contributed by atoms with Gasteiger partial charge in [0.2, 0.25) is 0 Å². The number of nitrogens with zero attached hydrogens (tertiary/aromatic N) is 1. The zero-order valence-electron chi connectivity index (χ0n) is 10.2. The molecule has 0 radical (unpaired) electrons. The van der Waals surface area contributed by atoms with Gasteiger partial charge in [-0.1, -0.05) is 6.92 Å². The zero-order chi connectivity index (χ0) is 14.6. The van der Waals surface area contributed by atoms with E-state index in [4.69, 9.17) is 15.9 Å². The Kier molecular flexibility index (Phi) is 5.19. The van der Waals surface area contributed by atoms with Crippen LogP contribution in [0, 0.1) is 5.92 Å². The normalized spacial score (nSPS) is 15.7. The van der Waals surface area contributed by atoms with Gasteiger partial charge in [-0.2, -0.15) is 0 Å². The minimum Gasteiger partial charge on any atom is -0.481 e. The van der Waals surface area contributed by atoms with Crippen molar-refractivity contribution in [3.63, 3.8) is 0 Å². The van der Waals surface area contributed by atoms with Crippen LogP contribution in [-0.4, -0.2) is 48.1 Å². The molecule has 0 saturated carbocycles. The van der Waals surface area contributed by atoms with Crippen LogP contribution in [0.2, 0.25) is 0 Å². The number of aromatic nitrogens is 2. The minimum absolute atomic E-state index is 0.101. The summed E-state index contributed by atoms with van der Waals surface area (Å²) < 4.78 is 11.8. The monoisotopic (exact) mass is 289 g/mol. The third kappa shape index (κ3) is 4.45. The first-order chi connectivity index (χ1) is 8.81. The molecule has 1 unspecified atom stereocenters. The molecule has 0 spiro atoms. The molecule has 19 heavy (non-hydrogen) atoms. The van der Waals surface area contributed by atoms with Crippen LogP contribution in [0.25, 0.3) is 0 Å². The Labute approximate surface area is 111 Å². The Morgan fingerprint density at radius 3 is 2.63 bits per heavy atom. The van der Waals surface area contributed by atoms with Crippen molar-refractivity contribution >= 4 is 22.7 Å². The topological polar surface area (TPSA) is 146 Å². The number of nitrogens with one attached hydrogen (secondary N) is 1. The molecule has 0 aliphatic heterocycles. The van der Waals surface area contributed by atoms with Gasteiger partial charge in [-0.3, -0.25) is 13.8 Å². The summed E-state index contributed by atoms with van der Waals surface area (Å²) in [6.45, 7) is 1.54. The molecule has 1 aromatic rings. The maximum atomic E-state index is 11.8. The molecular formula is C10H15N3O5S. The van der Waals surface area contributed by atoms with Crippen molar-refractivity contribution < 1.29 is 24.0 Å². The minimum atomic E-state index is -1.66. The van der Waals surface area contributed by atoms with E-state index < -0.39 is 34.7 Å². The molecule has 0 aliphatic rings. The van der Waals surface area contributed by atoms with Crippen molar-refractivity contribution in [2.24, 2.45) is 11.7 Å². The van der Waals surface area contributed by atoms with Crippen molar-refractivity contribution in [2.45, 2.75) is 24.5 Å². The summed E-state index contributed by atoms with van der Waals surface area (Å²) >= 11 is 0. The fourth-order valence-corrected chi connectivity index (χ4v) is 2.33. The Hall–Kier alpha value is -1.74. The first-order valence-corrected chi connectivity index (χ1v) is 6.76. The first kappa shape index (κ1) is 15.3. The molecule has 0 aromatic carbocycles. The summed E-state index contributed by atoms with van der Waals surface area (Å²) in [7, 11) is -1.66. The van der Waals surface area contributed by atoms with E-state index in [0.29, 0.717) is 5.69 Å². The number of carbonyl (C=O) groups is 2. The van der Waals surface area contributed by atoms with Crippen LogP contribution in [0.15, 0.2) is 11.4 Å². The Balaban J connectivity index is 2.66. The first-order valence-electron chi connectivity index (χ1n) is 5.44. The summed E-state index contributed by atoms with van der Waals surface area (Å²) in [5.74, 6) is -3.02. The number of H-pyrrole nitrogens is 1. The molecule has 3 atom stereocenters. The van der Waals surface area contributed by atoms with Gasteiger partial charge in [-0.25, -0.2) is 4.98 Å². The van der Waals surface area contributed by atoms with Crippen molar-refractivity contribution in [3.8, 4) is 0 Å². The van der Waals surface area contributed by atoms with Crippen LogP contribution in [0.4, 0.5) is 0 Å². The van der Waals surface area contributed by atoms with Crippen LogP contribution in [0.1, 0.15) is 12.6 Å². The van der Waals surface area contributed by atoms with Gasteiger partial charge in [0, 0.05) is 18.3 Å². The van der Waals surface area contributed by atoms with Crippen LogP contribution in [0.3, 0.4) is 0 Å². The molecule has 1 rings (SSSR count). The fraction of sp³-hybridized carbons (Fsp3) is 0.500. The van der Waals surface area contributed by atoms with E-state index in [2.05, 4.69) is 9.97 Å². The molecule has 1 heterocycles. The largest absolute Gasteiger partial charge is 0.481 e. The highest BCUT2D eigenvalue weighted by Crippen LogP contribution is 2.09. The van der Waals surface area contributed by atoms with Crippen molar-refractivity contribution in [1.29, 1.82) is 0 Å². The molecule has 0 bridgehead atoms. The van der Waals surface area contributed by atoms with E-state index in [1.54, 1.807) is 6.92 Å². The lowest BCUT2D eigenvalue weighted by Gasteiger charge is -2.04. The predicted octanol–water partition coefficient (Wildman–Crippen LogP) is -0.808. The van der Waals surface area contributed by atoms with Gasteiger partial charge in [0.05, 0.1) is 22.5 Å². The molecule has 8 nitrogen and oxygen atoms in total. The van der Waals surface area contributed by atoms with Gasteiger partial charge in [0.25, 0.3) is 0 Å². The number of hydrogen-bond acceptors (Lipinski definition) is 5. The van der Waals surface area contributed by atoms with Crippen molar-refractivity contribution in [2.75, 3.05) is 5.75 Å². The van der Waals surface area contributed by atoms with Crippen LogP contribution >= 0.6 is 0 Å². The maximum absolute atomic E-state index is 11.8. The zero-order valence-corrected chi connectivity index (χ0v) is 11.0. The second-order valence-corrected chi connectivity index (χ2v) is 5.52. The number of hydrogen-bond donors (Lipinski definition) is 4. The fourth-order valence-electron chi connectivity index (χ4n) is 1.29. The lowest BCUT2D eigenvalue weighted by Crippen LogP contribution is -2.35. The molecule has 106 valence electrons. The Morgan fingerprint density at radius 2 is 2.11 bits per heavy atom. The van der Waals surface area contributed by atoms with Gasteiger partial charge in [-0.15, -0.1) is 0 Å². The summed E-state index contributed by atoms with van der Waals surface area (Å²) in [5, 5.41) is 17.5. The smallest absolute Gasteiger partial charge is 0.321 e. The average Bonchev–Trinajstić information content (AvgIpc) is 2.77. The number of rotatable bonds is 7. The van der Waals surface area contributed by atoms with E-state index in [0.717, 1.165) is 0 Å². The Morgan fingerprint density at radius 1 is 1.47 bits per heavy atom. The van der Waals surface area contributed by atoms with Crippen LogP contribution < -0.4 is 5.73 Å². The molecule has 0 amide bonds. The summed E-state index contributed by atoms with van der Waals surface area (Å²) in [4.78, 5) is 27.8. The third-order valence-corrected chi connectivity index (χ3v) is 3.72. The SMILES string of the molecule is C[C@@H](Cc1cnc(S(=O)C[C@H](N)C(=O)O)[nH]1)C(=O)O. The number of imidazole rings is 1.